The summed E-state index contributed by atoms with van der Waals surface area (Å²) in [7, 11) is 0. The smallest absolute Gasteiger partial charge is 0.410 e. The van der Waals surface area contributed by atoms with Gasteiger partial charge in [-0.1, -0.05) is 45.9 Å². The van der Waals surface area contributed by atoms with E-state index in [0.717, 1.165) is 4.47 Å². The van der Waals surface area contributed by atoms with Crippen molar-refractivity contribution in [3.05, 3.63) is 69.9 Å². The molecule has 2 atom stereocenters. The minimum Gasteiger partial charge on any atom is -0.444 e. The van der Waals surface area contributed by atoms with Gasteiger partial charge in [0.2, 0.25) is 0 Å². The molecule has 0 radical (unpaired) electrons. The van der Waals surface area contributed by atoms with E-state index in [2.05, 4.69) is 26.2 Å². The van der Waals surface area contributed by atoms with Crippen molar-refractivity contribution in [2.24, 2.45) is 10.9 Å². The van der Waals surface area contributed by atoms with E-state index >= 15 is 4.39 Å². The zero-order valence-corrected chi connectivity index (χ0v) is 21.0. The Morgan fingerprint density at radius 3 is 2.67 bits per heavy atom. The zero-order chi connectivity index (χ0) is 23.8. The lowest BCUT2D eigenvalue weighted by atomic mass is 9.87. The Kier molecular flexibility index (Phi) is 6.55. The van der Waals surface area contributed by atoms with Gasteiger partial charge in [-0.05, 0) is 51.1 Å². The molecule has 1 N–H and O–H groups in total. The lowest BCUT2D eigenvalue weighted by Gasteiger charge is -2.37. The Morgan fingerprint density at radius 1 is 1.24 bits per heavy atom. The quantitative estimate of drug-likeness (QED) is 0.577. The van der Waals surface area contributed by atoms with Gasteiger partial charge >= 0.3 is 6.09 Å². The van der Waals surface area contributed by atoms with E-state index in [4.69, 9.17) is 4.74 Å². The summed E-state index contributed by atoms with van der Waals surface area (Å²) in [6, 6.07) is 13.6. The monoisotopic (exact) mass is 533 g/mol. The number of nitrogens with one attached hydrogen (secondary N) is 1. The lowest BCUT2D eigenvalue weighted by Crippen LogP contribution is -2.43. The number of ether oxygens (including phenoxy) is 1. The number of hydrogen-bond acceptors (Lipinski definition) is 5. The minimum atomic E-state index is -0.814. The highest BCUT2D eigenvalue weighted by molar-refractivity contribution is 9.10. The molecule has 1 saturated heterocycles. The van der Waals surface area contributed by atoms with Gasteiger partial charge in [0.05, 0.1) is 4.75 Å². The predicted molar refractivity (Wildman–Crippen MR) is 131 cm³/mol. The first kappa shape index (κ1) is 23.8. The molecule has 0 aromatic heterocycles. The number of benzene rings is 2. The Morgan fingerprint density at radius 2 is 1.97 bits per heavy atom. The summed E-state index contributed by atoms with van der Waals surface area (Å²) in [5, 5.41) is 3.27. The van der Waals surface area contributed by atoms with Gasteiger partial charge in [-0.25, -0.2) is 9.18 Å². The average Bonchev–Trinajstić information content (AvgIpc) is 3.15. The number of nitrogens with zero attached hydrogens (tertiary/aromatic N) is 2. The number of carbonyl (C=O) groups is 2. The van der Waals surface area contributed by atoms with Crippen LogP contribution in [0.4, 0.5) is 9.18 Å². The zero-order valence-electron chi connectivity index (χ0n) is 18.6. The summed E-state index contributed by atoms with van der Waals surface area (Å²) in [4.78, 5) is 31.8. The molecule has 2 aromatic carbocycles. The van der Waals surface area contributed by atoms with Crippen molar-refractivity contribution in [1.29, 1.82) is 0 Å². The molecule has 0 aliphatic carbocycles. The number of likely N-dealkylation sites (tertiary alicyclic amines) is 1. The van der Waals surface area contributed by atoms with Crippen LogP contribution >= 0.6 is 27.7 Å². The maximum absolute atomic E-state index is 15.1. The molecule has 4 rings (SSSR count). The van der Waals surface area contributed by atoms with E-state index in [-0.39, 0.29) is 24.2 Å². The number of fused-ring (bicyclic) bond motifs is 1. The molecular weight excluding hydrogens is 509 g/mol. The van der Waals surface area contributed by atoms with Gasteiger partial charge in [-0.2, -0.15) is 0 Å². The normalized spacial score (nSPS) is 22.4. The maximum atomic E-state index is 15.1. The van der Waals surface area contributed by atoms with Crippen LogP contribution in [-0.4, -0.2) is 47.3 Å². The van der Waals surface area contributed by atoms with Crippen LogP contribution in [0.25, 0.3) is 0 Å². The van der Waals surface area contributed by atoms with Crippen LogP contribution in [0, 0.1) is 11.7 Å². The molecule has 6 nitrogen and oxygen atoms in total. The molecule has 1 fully saturated rings. The topological polar surface area (TPSA) is 71.0 Å². The number of carbonyl (C=O) groups excluding carboxylic acids is 2. The Bertz CT molecular complexity index is 1110. The van der Waals surface area contributed by atoms with Crippen molar-refractivity contribution >= 4 is 44.9 Å². The van der Waals surface area contributed by atoms with Crippen molar-refractivity contribution in [2.75, 3.05) is 19.6 Å². The van der Waals surface area contributed by atoms with Crippen molar-refractivity contribution in [1.82, 2.24) is 10.2 Å². The fourth-order valence-electron chi connectivity index (χ4n) is 4.08. The van der Waals surface area contributed by atoms with Crippen LogP contribution in [0.1, 0.15) is 36.7 Å². The number of halogens is 2. The summed E-state index contributed by atoms with van der Waals surface area (Å²) in [6.45, 7) is 6.41. The lowest BCUT2D eigenvalue weighted by molar-refractivity contribution is 0.0286. The molecule has 2 aliphatic heterocycles. The van der Waals surface area contributed by atoms with Gasteiger partial charge in [0, 0.05) is 41.2 Å². The maximum Gasteiger partial charge on any atom is 0.410 e. The van der Waals surface area contributed by atoms with Crippen LogP contribution in [0.15, 0.2) is 58.0 Å². The number of hydrogen-bond donors (Lipinski definition) is 1. The highest BCUT2D eigenvalue weighted by Crippen LogP contribution is 2.52. The molecule has 9 heteroatoms. The van der Waals surface area contributed by atoms with Crippen molar-refractivity contribution in [3.8, 4) is 0 Å². The molecule has 2 aliphatic rings. The van der Waals surface area contributed by atoms with E-state index in [1.54, 1.807) is 41.3 Å². The van der Waals surface area contributed by atoms with Gasteiger partial charge in [-0.15, -0.1) is 0 Å². The van der Waals surface area contributed by atoms with Crippen molar-refractivity contribution < 1.29 is 18.7 Å². The SMILES string of the molecule is CC(C)(C)OC(=O)N1C[C@@H]2CN=C(NC(=O)c3ccccc3)S[C@@]2(c2cc(Br)ccc2F)C1. The van der Waals surface area contributed by atoms with Crippen LogP contribution in [0.3, 0.4) is 0 Å². The summed E-state index contributed by atoms with van der Waals surface area (Å²) in [6.07, 6.45) is -0.442. The average molecular weight is 534 g/mol. The second-order valence-electron chi connectivity index (χ2n) is 9.14. The largest absolute Gasteiger partial charge is 0.444 e. The molecule has 174 valence electrons. The first-order valence-corrected chi connectivity index (χ1v) is 12.2. The second-order valence-corrected chi connectivity index (χ2v) is 11.4. The molecule has 0 saturated carbocycles. The molecule has 0 unspecified atom stereocenters. The highest BCUT2D eigenvalue weighted by atomic mass is 79.9. The van der Waals surface area contributed by atoms with Gasteiger partial charge < -0.3 is 15.0 Å². The Labute approximate surface area is 205 Å². The first-order chi connectivity index (χ1) is 15.6. The fraction of sp³-hybridized carbons (Fsp3) is 0.375. The van der Waals surface area contributed by atoms with Gasteiger partial charge in [0.25, 0.3) is 5.91 Å². The van der Waals surface area contributed by atoms with Crippen molar-refractivity contribution in [3.63, 3.8) is 0 Å². The first-order valence-electron chi connectivity index (χ1n) is 10.6. The van der Waals surface area contributed by atoms with Crippen LogP contribution < -0.4 is 5.32 Å². The van der Waals surface area contributed by atoms with Gasteiger partial charge in [-0.3, -0.25) is 9.79 Å². The van der Waals surface area contributed by atoms with Gasteiger partial charge in [0.15, 0.2) is 5.17 Å². The molecular formula is C24H25BrFN3O3S. The number of aliphatic imine (C=N–C) groups is 1. The number of rotatable bonds is 2. The number of thioether (sulfide) groups is 1. The third kappa shape index (κ3) is 5.09. The second kappa shape index (κ2) is 9.10. The Balaban J connectivity index is 1.65. The summed E-state index contributed by atoms with van der Waals surface area (Å²) in [5.41, 5.74) is 0.337. The van der Waals surface area contributed by atoms with E-state index in [1.165, 1.54) is 17.8 Å². The molecule has 2 aromatic rings. The number of amides is 2. The Hall–Kier alpha value is -2.39. The fourth-order valence-corrected chi connectivity index (χ4v) is 5.87. The molecule has 0 bridgehead atoms. The third-order valence-electron chi connectivity index (χ3n) is 5.55. The van der Waals surface area contributed by atoms with Gasteiger partial charge in [0.1, 0.15) is 11.4 Å². The van der Waals surface area contributed by atoms with Crippen LogP contribution in [0.5, 0.6) is 0 Å². The molecule has 33 heavy (non-hydrogen) atoms. The van der Waals surface area contributed by atoms with Crippen molar-refractivity contribution in [2.45, 2.75) is 31.1 Å². The molecule has 0 spiro atoms. The number of amidine groups is 1. The summed E-state index contributed by atoms with van der Waals surface area (Å²) < 4.78 is 20.6. The summed E-state index contributed by atoms with van der Waals surface area (Å²) >= 11 is 4.74. The summed E-state index contributed by atoms with van der Waals surface area (Å²) in [5.74, 6) is -0.791. The van der Waals surface area contributed by atoms with E-state index in [9.17, 15) is 9.59 Å². The van der Waals surface area contributed by atoms with E-state index in [0.29, 0.717) is 29.4 Å². The molecule has 2 heterocycles. The van der Waals surface area contributed by atoms with Crippen LogP contribution in [0.2, 0.25) is 0 Å². The van der Waals surface area contributed by atoms with Crippen LogP contribution in [-0.2, 0) is 9.48 Å². The predicted octanol–water partition coefficient (Wildman–Crippen LogP) is 5.18. The molecule has 2 amide bonds. The van der Waals surface area contributed by atoms with E-state index in [1.807, 2.05) is 26.8 Å². The van der Waals surface area contributed by atoms with E-state index < -0.39 is 16.4 Å². The minimum absolute atomic E-state index is 0.142. The standard InChI is InChI=1S/C24H25BrFN3O3S/c1-23(2,3)32-22(31)29-13-16-12-27-21(28-20(30)15-7-5-4-6-8-15)33-24(16,14-29)18-11-17(25)9-10-19(18)26/h4-11,16H,12-14H2,1-3H3,(H,27,28,30)/t16-,24-/m0/s1. The highest BCUT2D eigenvalue weighted by Gasteiger charge is 2.54. The third-order valence-corrected chi connectivity index (χ3v) is 7.52.